The summed E-state index contributed by atoms with van der Waals surface area (Å²) in [5.74, 6) is 7.82. The van der Waals surface area contributed by atoms with Crippen molar-refractivity contribution >= 4 is 5.82 Å². The summed E-state index contributed by atoms with van der Waals surface area (Å²) in [6, 6.07) is 1.74. The van der Waals surface area contributed by atoms with Gasteiger partial charge < -0.3 is 10.2 Å². The van der Waals surface area contributed by atoms with Crippen LogP contribution in [0.25, 0.3) is 0 Å². The number of hydrazine groups is 1. The van der Waals surface area contributed by atoms with Crippen LogP contribution in [-0.4, -0.2) is 16.1 Å². The van der Waals surface area contributed by atoms with Gasteiger partial charge in [0.2, 0.25) is 5.88 Å². The van der Waals surface area contributed by atoms with Crippen LogP contribution < -0.4 is 16.0 Å². The maximum Gasteiger partial charge on any atom is 0.219 e. The molecule has 94 valence electrons. The molecule has 0 spiro atoms. The molecule has 5 heteroatoms. The zero-order chi connectivity index (χ0) is 12.3. The predicted molar refractivity (Wildman–Crippen MR) is 66.6 cm³/mol. The molecule has 0 radical (unpaired) electrons. The molecule has 0 saturated heterocycles. The number of aromatic nitrogens is 2. The van der Waals surface area contributed by atoms with Crippen molar-refractivity contribution in [3.8, 4) is 5.88 Å². The Balaban J connectivity index is 2.09. The second-order valence-electron chi connectivity index (χ2n) is 4.70. The third-order valence-corrected chi connectivity index (χ3v) is 3.27. The van der Waals surface area contributed by atoms with E-state index < -0.39 is 0 Å². The van der Waals surface area contributed by atoms with Crippen LogP contribution in [0, 0.1) is 12.8 Å². The van der Waals surface area contributed by atoms with Crippen LogP contribution in [0.2, 0.25) is 0 Å². The molecular formula is C12H20N4O. The molecule has 0 bridgehead atoms. The Kier molecular flexibility index (Phi) is 3.78. The Labute approximate surface area is 102 Å². The number of nitrogens with two attached hydrogens (primary N) is 1. The molecule has 1 heterocycles. The minimum absolute atomic E-state index is 0.267. The lowest BCUT2D eigenvalue weighted by molar-refractivity contribution is 0.0973. The highest BCUT2D eigenvalue weighted by atomic mass is 16.5. The molecule has 1 aromatic rings. The number of hydrogen-bond donors (Lipinski definition) is 2. The number of rotatable bonds is 3. The lowest BCUT2D eigenvalue weighted by Crippen LogP contribution is -2.28. The summed E-state index contributed by atoms with van der Waals surface area (Å²) >= 11 is 0. The number of anilines is 1. The van der Waals surface area contributed by atoms with Gasteiger partial charge in [-0.2, -0.15) is 4.98 Å². The number of ether oxygens (including phenoxy) is 1. The first-order valence-electron chi connectivity index (χ1n) is 6.18. The smallest absolute Gasteiger partial charge is 0.219 e. The first-order chi connectivity index (χ1) is 8.19. The predicted octanol–water partition coefficient (Wildman–Crippen LogP) is 2.03. The zero-order valence-corrected chi connectivity index (χ0v) is 10.4. The fraction of sp³-hybridized carbons (Fsp3) is 0.667. The summed E-state index contributed by atoms with van der Waals surface area (Å²) in [6.07, 6.45) is 5.15. The third-order valence-electron chi connectivity index (χ3n) is 3.27. The van der Waals surface area contributed by atoms with Crippen molar-refractivity contribution in [3.63, 3.8) is 0 Å². The molecule has 5 nitrogen and oxygen atoms in total. The lowest BCUT2D eigenvalue weighted by Gasteiger charge is -2.28. The quantitative estimate of drug-likeness (QED) is 0.620. The van der Waals surface area contributed by atoms with Gasteiger partial charge in [0.1, 0.15) is 17.7 Å². The summed E-state index contributed by atoms with van der Waals surface area (Å²) in [6.45, 7) is 4.07. The summed E-state index contributed by atoms with van der Waals surface area (Å²) in [7, 11) is 0. The number of nitrogens with one attached hydrogen (secondary N) is 1. The average molecular weight is 236 g/mol. The highest BCUT2D eigenvalue weighted by Crippen LogP contribution is 2.27. The van der Waals surface area contributed by atoms with Gasteiger partial charge in [-0.05, 0) is 32.1 Å². The van der Waals surface area contributed by atoms with Gasteiger partial charge in [-0.1, -0.05) is 13.3 Å². The summed E-state index contributed by atoms with van der Waals surface area (Å²) in [5.41, 5.74) is 2.53. The van der Waals surface area contributed by atoms with Crippen LogP contribution in [0.15, 0.2) is 6.07 Å². The van der Waals surface area contributed by atoms with Crippen molar-refractivity contribution in [2.24, 2.45) is 11.8 Å². The molecule has 2 rings (SSSR count). The Morgan fingerprint density at radius 1 is 1.35 bits per heavy atom. The van der Waals surface area contributed by atoms with Gasteiger partial charge in [0, 0.05) is 6.07 Å². The molecule has 0 aromatic carbocycles. The van der Waals surface area contributed by atoms with Crippen LogP contribution in [-0.2, 0) is 0 Å². The Morgan fingerprint density at radius 3 is 2.82 bits per heavy atom. The van der Waals surface area contributed by atoms with Crippen LogP contribution in [0.3, 0.4) is 0 Å². The average Bonchev–Trinajstić information content (AvgIpc) is 2.31. The van der Waals surface area contributed by atoms with E-state index in [4.69, 9.17) is 10.6 Å². The van der Waals surface area contributed by atoms with Gasteiger partial charge in [-0.3, -0.25) is 0 Å². The fourth-order valence-corrected chi connectivity index (χ4v) is 2.29. The molecule has 0 amide bonds. The number of nitrogen functional groups attached to an aromatic ring is 1. The van der Waals surface area contributed by atoms with Crippen LogP contribution in [0.5, 0.6) is 5.88 Å². The minimum atomic E-state index is 0.267. The Morgan fingerprint density at radius 2 is 2.12 bits per heavy atom. The summed E-state index contributed by atoms with van der Waals surface area (Å²) < 4.78 is 5.94. The highest BCUT2D eigenvalue weighted by molar-refractivity contribution is 5.36. The topological polar surface area (TPSA) is 73.1 Å². The SMILES string of the molecule is Cc1nc(NN)cc(OC2CCCCC2C)n1. The van der Waals surface area contributed by atoms with Gasteiger partial charge in [0.05, 0.1) is 0 Å². The van der Waals surface area contributed by atoms with Gasteiger partial charge in [0.15, 0.2) is 0 Å². The first-order valence-corrected chi connectivity index (χ1v) is 6.18. The van der Waals surface area contributed by atoms with Gasteiger partial charge in [-0.15, -0.1) is 0 Å². The van der Waals surface area contributed by atoms with E-state index in [1.807, 2.05) is 6.92 Å². The van der Waals surface area contributed by atoms with Crippen molar-refractivity contribution in [2.45, 2.75) is 45.6 Å². The summed E-state index contributed by atoms with van der Waals surface area (Å²) in [5, 5.41) is 0. The van der Waals surface area contributed by atoms with E-state index in [-0.39, 0.29) is 6.10 Å². The first kappa shape index (κ1) is 12.1. The van der Waals surface area contributed by atoms with E-state index in [0.29, 0.717) is 23.4 Å². The number of aryl methyl sites for hydroxylation is 1. The van der Waals surface area contributed by atoms with Crippen molar-refractivity contribution in [1.82, 2.24) is 9.97 Å². The molecule has 1 aromatic heterocycles. The molecule has 17 heavy (non-hydrogen) atoms. The normalized spacial score (nSPS) is 24.4. The maximum absolute atomic E-state index is 5.94. The van der Waals surface area contributed by atoms with Crippen molar-refractivity contribution in [2.75, 3.05) is 5.43 Å². The van der Waals surface area contributed by atoms with Gasteiger partial charge >= 0.3 is 0 Å². The van der Waals surface area contributed by atoms with Crippen molar-refractivity contribution in [1.29, 1.82) is 0 Å². The molecule has 1 saturated carbocycles. The number of nitrogens with zero attached hydrogens (tertiary/aromatic N) is 2. The molecule has 2 unspecified atom stereocenters. The summed E-state index contributed by atoms with van der Waals surface area (Å²) in [4.78, 5) is 8.42. The zero-order valence-electron chi connectivity index (χ0n) is 10.4. The van der Waals surface area contributed by atoms with E-state index in [0.717, 1.165) is 6.42 Å². The van der Waals surface area contributed by atoms with E-state index >= 15 is 0 Å². The minimum Gasteiger partial charge on any atom is -0.474 e. The fourth-order valence-electron chi connectivity index (χ4n) is 2.29. The second kappa shape index (κ2) is 5.31. The Bertz CT molecular complexity index is 383. The van der Waals surface area contributed by atoms with E-state index in [9.17, 15) is 0 Å². The van der Waals surface area contributed by atoms with E-state index in [1.165, 1.54) is 19.3 Å². The van der Waals surface area contributed by atoms with Crippen LogP contribution >= 0.6 is 0 Å². The molecular weight excluding hydrogens is 216 g/mol. The Hall–Kier alpha value is -1.36. The lowest BCUT2D eigenvalue weighted by atomic mass is 9.88. The van der Waals surface area contributed by atoms with E-state index in [2.05, 4.69) is 22.3 Å². The second-order valence-corrected chi connectivity index (χ2v) is 4.70. The van der Waals surface area contributed by atoms with Gasteiger partial charge in [-0.25, -0.2) is 10.8 Å². The van der Waals surface area contributed by atoms with Crippen LogP contribution in [0.1, 0.15) is 38.4 Å². The third kappa shape index (κ3) is 3.06. The van der Waals surface area contributed by atoms with Gasteiger partial charge in [0.25, 0.3) is 0 Å². The van der Waals surface area contributed by atoms with Crippen molar-refractivity contribution in [3.05, 3.63) is 11.9 Å². The van der Waals surface area contributed by atoms with E-state index in [1.54, 1.807) is 6.07 Å². The molecule has 1 aliphatic carbocycles. The molecule has 1 aliphatic rings. The van der Waals surface area contributed by atoms with Crippen LogP contribution in [0.4, 0.5) is 5.82 Å². The molecule has 0 aliphatic heterocycles. The monoisotopic (exact) mass is 236 g/mol. The maximum atomic E-state index is 5.94. The molecule has 3 N–H and O–H groups in total. The molecule has 2 atom stereocenters. The highest BCUT2D eigenvalue weighted by Gasteiger charge is 2.23. The number of hydrogen-bond acceptors (Lipinski definition) is 5. The largest absolute Gasteiger partial charge is 0.474 e. The molecule has 1 fully saturated rings. The van der Waals surface area contributed by atoms with Crippen molar-refractivity contribution < 1.29 is 4.74 Å². The standard InChI is InChI=1S/C12H20N4O/c1-8-5-3-4-6-10(8)17-12-7-11(16-13)14-9(2)15-12/h7-8,10H,3-6,13H2,1-2H3,(H,14,15,16).